The van der Waals surface area contributed by atoms with Crippen molar-refractivity contribution >= 4 is 11.7 Å². The molecule has 8 heteroatoms. The second kappa shape index (κ2) is 6.29. The summed E-state index contributed by atoms with van der Waals surface area (Å²) in [6.45, 7) is 0.0635. The minimum Gasteiger partial charge on any atom is -0.461 e. The van der Waals surface area contributed by atoms with Crippen LogP contribution in [0.5, 0.6) is 0 Å². The van der Waals surface area contributed by atoms with Crippen LogP contribution in [0.3, 0.4) is 0 Å². The summed E-state index contributed by atoms with van der Waals surface area (Å²) in [6, 6.07) is 3.96. The highest BCUT2D eigenvalue weighted by Gasteiger charge is 2.19. The molecule has 106 valence electrons. The van der Waals surface area contributed by atoms with E-state index in [-0.39, 0.29) is 30.0 Å². The van der Waals surface area contributed by atoms with Gasteiger partial charge >= 0.3 is 5.97 Å². The van der Waals surface area contributed by atoms with E-state index in [0.717, 1.165) is 6.07 Å². The number of rotatable bonds is 5. The normalized spacial score (nSPS) is 9.86. The van der Waals surface area contributed by atoms with E-state index in [4.69, 9.17) is 11.2 Å². The van der Waals surface area contributed by atoms with Crippen LogP contribution < -0.4 is 0 Å². The second-order valence-electron chi connectivity index (χ2n) is 3.89. The molecule has 0 saturated carbocycles. The van der Waals surface area contributed by atoms with Crippen molar-refractivity contribution < 1.29 is 14.5 Å². The number of hydrogen-bond acceptors (Lipinski definition) is 6. The molecule has 0 saturated heterocycles. The van der Waals surface area contributed by atoms with Gasteiger partial charge in [0.25, 0.3) is 5.69 Å². The molecule has 8 nitrogen and oxygen atoms in total. The van der Waals surface area contributed by atoms with Crippen LogP contribution in [0, 0.1) is 22.5 Å². The molecule has 0 spiro atoms. The van der Waals surface area contributed by atoms with Crippen LogP contribution >= 0.6 is 0 Å². The van der Waals surface area contributed by atoms with Crippen LogP contribution in [0.1, 0.15) is 16.8 Å². The second-order valence-corrected chi connectivity index (χ2v) is 3.89. The highest BCUT2D eigenvalue weighted by molar-refractivity contribution is 5.90. The molecule has 21 heavy (non-hydrogen) atoms. The number of nitro benzene ring substituents is 1. The summed E-state index contributed by atoms with van der Waals surface area (Å²) < 4.78 is 6.14. The number of esters is 1. The predicted molar refractivity (Wildman–Crippen MR) is 71.7 cm³/mol. The standard InChI is InChI=1S/C13H10N4O4/c1-2-3-6-21-13(18)10-4-5-11(12(7-10)17(19)20)16-9-14-8-15-16/h1,4-5,7-9H,3,6H2. The van der Waals surface area contributed by atoms with Gasteiger partial charge in [0.2, 0.25) is 0 Å². The number of benzene rings is 1. The summed E-state index contributed by atoms with van der Waals surface area (Å²) in [4.78, 5) is 26.0. The Balaban J connectivity index is 2.31. The van der Waals surface area contributed by atoms with Crippen LogP contribution in [-0.4, -0.2) is 32.3 Å². The van der Waals surface area contributed by atoms with Crippen LogP contribution in [0.2, 0.25) is 0 Å². The molecule has 0 aliphatic carbocycles. The van der Waals surface area contributed by atoms with E-state index in [1.165, 1.54) is 29.5 Å². The lowest BCUT2D eigenvalue weighted by molar-refractivity contribution is -0.384. The third-order valence-corrected chi connectivity index (χ3v) is 2.55. The SMILES string of the molecule is C#CCCOC(=O)c1ccc(-n2cncn2)c([N+](=O)[O-])c1. The Morgan fingerprint density at radius 3 is 2.95 bits per heavy atom. The summed E-state index contributed by atoms with van der Waals surface area (Å²) in [6.07, 6.45) is 7.91. The maximum absolute atomic E-state index is 11.7. The number of hydrogen-bond donors (Lipinski definition) is 0. The number of ether oxygens (including phenoxy) is 1. The summed E-state index contributed by atoms with van der Waals surface area (Å²) in [5.74, 6) is 1.66. The van der Waals surface area contributed by atoms with Crippen molar-refractivity contribution in [1.29, 1.82) is 0 Å². The van der Waals surface area contributed by atoms with Gasteiger partial charge in [0.05, 0.1) is 10.5 Å². The van der Waals surface area contributed by atoms with E-state index < -0.39 is 10.9 Å². The Bertz CT molecular complexity index is 703. The van der Waals surface area contributed by atoms with Crippen molar-refractivity contribution in [2.45, 2.75) is 6.42 Å². The molecule has 0 bridgehead atoms. The molecular weight excluding hydrogens is 276 g/mol. The van der Waals surface area contributed by atoms with Crippen molar-refractivity contribution in [3.8, 4) is 18.0 Å². The molecule has 0 aliphatic rings. The van der Waals surface area contributed by atoms with Crippen molar-refractivity contribution in [2.75, 3.05) is 6.61 Å². The summed E-state index contributed by atoms with van der Waals surface area (Å²) in [7, 11) is 0. The van der Waals surface area contributed by atoms with Gasteiger partial charge in [-0.3, -0.25) is 10.1 Å². The van der Waals surface area contributed by atoms with Crippen molar-refractivity contribution in [3.05, 3.63) is 46.5 Å². The first-order chi connectivity index (χ1) is 10.1. The van der Waals surface area contributed by atoms with E-state index in [1.807, 2.05) is 0 Å². The van der Waals surface area contributed by atoms with Gasteiger partial charge in [-0.15, -0.1) is 12.3 Å². The Kier molecular flexibility index (Phi) is 4.26. The smallest absolute Gasteiger partial charge is 0.338 e. The van der Waals surface area contributed by atoms with Gasteiger partial charge in [-0.1, -0.05) is 0 Å². The fourth-order valence-corrected chi connectivity index (χ4v) is 1.61. The van der Waals surface area contributed by atoms with Gasteiger partial charge in [0, 0.05) is 12.5 Å². The molecule has 0 unspecified atom stereocenters. The van der Waals surface area contributed by atoms with Crippen molar-refractivity contribution in [2.24, 2.45) is 0 Å². The third-order valence-electron chi connectivity index (χ3n) is 2.55. The predicted octanol–water partition coefficient (Wildman–Crippen LogP) is 1.36. The average Bonchev–Trinajstić information content (AvgIpc) is 3.00. The Morgan fingerprint density at radius 1 is 1.52 bits per heavy atom. The molecule has 1 aromatic carbocycles. The fourth-order valence-electron chi connectivity index (χ4n) is 1.61. The average molecular weight is 286 g/mol. The molecule has 2 rings (SSSR count). The zero-order valence-corrected chi connectivity index (χ0v) is 10.8. The summed E-state index contributed by atoms with van der Waals surface area (Å²) in [5.41, 5.74) is 0.00663. The molecule has 0 amide bonds. The molecule has 0 fully saturated rings. The minimum atomic E-state index is -0.668. The van der Waals surface area contributed by atoms with Gasteiger partial charge in [0.1, 0.15) is 24.9 Å². The van der Waals surface area contributed by atoms with Gasteiger partial charge in [-0.2, -0.15) is 5.10 Å². The number of aromatic nitrogens is 3. The van der Waals surface area contributed by atoms with E-state index in [0.29, 0.717) is 0 Å². The van der Waals surface area contributed by atoms with Crippen LogP contribution in [0.4, 0.5) is 5.69 Å². The molecule has 0 aliphatic heterocycles. The molecule has 0 radical (unpaired) electrons. The lowest BCUT2D eigenvalue weighted by Crippen LogP contribution is -2.08. The summed E-state index contributed by atoms with van der Waals surface area (Å²) >= 11 is 0. The van der Waals surface area contributed by atoms with Crippen LogP contribution in [-0.2, 0) is 4.74 Å². The van der Waals surface area contributed by atoms with E-state index in [1.54, 1.807) is 0 Å². The molecule has 1 heterocycles. The Morgan fingerprint density at radius 2 is 2.33 bits per heavy atom. The first-order valence-electron chi connectivity index (χ1n) is 5.87. The lowest BCUT2D eigenvalue weighted by atomic mass is 10.1. The Labute approximate surface area is 119 Å². The number of nitrogens with zero attached hydrogens (tertiary/aromatic N) is 4. The van der Waals surface area contributed by atoms with Gasteiger partial charge < -0.3 is 4.74 Å². The number of carbonyl (C=O) groups excluding carboxylic acids is 1. The van der Waals surface area contributed by atoms with Gasteiger partial charge in [-0.05, 0) is 12.1 Å². The van der Waals surface area contributed by atoms with Crippen LogP contribution in [0.25, 0.3) is 5.69 Å². The van der Waals surface area contributed by atoms with Crippen molar-refractivity contribution in [1.82, 2.24) is 14.8 Å². The van der Waals surface area contributed by atoms with E-state index in [2.05, 4.69) is 16.0 Å². The van der Waals surface area contributed by atoms with Crippen LogP contribution in [0.15, 0.2) is 30.9 Å². The molecule has 2 aromatic rings. The molecule has 1 aromatic heterocycles. The monoisotopic (exact) mass is 286 g/mol. The lowest BCUT2D eigenvalue weighted by Gasteiger charge is -2.05. The Hall–Kier alpha value is -3.21. The maximum atomic E-state index is 11.7. The molecule has 0 atom stereocenters. The minimum absolute atomic E-state index is 0.0635. The summed E-state index contributed by atoms with van der Waals surface area (Å²) in [5, 5.41) is 14.9. The van der Waals surface area contributed by atoms with Gasteiger partial charge in [-0.25, -0.2) is 14.5 Å². The van der Waals surface area contributed by atoms with E-state index in [9.17, 15) is 14.9 Å². The third kappa shape index (κ3) is 3.22. The number of nitro groups is 1. The molecule has 0 N–H and O–H groups in total. The highest BCUT2D eigenvalue weighted by atomic mass is 16.6. The number of terminal acetylenes is 1. The first-order valence-corrected chi connectivity index (χ1v) is 5.87. The molecular formula is C13H10N4O4. The largest absolute Gasteiger partial charge is 0.461 e. The zero-order valence-electron chi connectivity index (χ0n) is 10.8. The first kappa shape index (κ1) is 14.2. The maximum Gasteiger partial charge on any atom is 0.338 e. The van der Waals surface area contributed by atoms with Crippen molar-refractivity contribution in [3.63, 3.8) is 0 Å². The van der Waals surface area contributed by atoms with E-state index >= 15 is 0 Å². The number of carbonyl (C=O) groups is 1. The topological polar surface area (TPSA) is 100 Å². The highest BCUT2D eigenvalue weighted by Crippen LogP contribution is 2.23. The zero-order chi connectivity index (χ0) is 15.2. The fraction of sp³-hybridized carbons (Fsp3) is 0.154. The quantitative estimate of drug-likeness (QED) is 0.270. The van der Waals surface area contributed by atoms with Gasteiger partial charge in [0.15, 0.2) is 0 Å².